The molecule has 0 unspecified atom stereocenters. The number of hydrogen-bond acceptors (Lipinski definition) is 4. The molecule has 2 N–H and O–H groups in total. The molecule has 2 rings (SSSR count). The van der Waals surface area contributed by atoms with Crippen LogP contribution in [0.4, 0.5) is 0 Å². The first kappa shape index (κ1) is 14.2. The molecule has 0 radical (unpaired) electrons. The predicted octanol–water partition coefficient (Wildman–Crippen LogP) is 1.79. The third-order valence-electron chi connectivity index (χ3n) is 3.81. The van der Waals surface area contributed by atoms with Gasteiger partial charge >= 0.3 is 0 Å². The van der Waals surface area contributed by atoms with Crippen molar-refractivity contribution >= 4 is 0 Å². The summed E-state index contributed by atoms with van der Waals surface area (Å²) in [5.74, 6) is 1.78. The maximum atomic E-state index is 5.38. The summed E-state index contributed by atoms with van der Waals surface area (Å²) in [4.78, 5) is 0. The Morgan fingerprint density at radius 3 is 2.53 bits per heavy atom. The van der Waals surface area contributed by atoms with Crippen LogP contribution in [0.25, 0.3) is 0 Å². The number of ether oxygens (including phenoxy) is 2. The number of rotatable bonds is 8. The third kappa shape index (κ3) is 3.61. The molecular weight excluding hydrogens is 240 g/mol. The molecule has 1 aliphatic rings. The molecule has 4 nitrogen and oxygen atoms in total. The lowest BCUT2D eigenvalue weighted by Gasteiger charge is -2.16. The standard InChI is InChI=1S/C15H24N2O2/c1-16-10-15(6-7-15)11-17-9-12-8-13(18-2)4-5-14(12)19-3/h4-5,8,16-17H,6-7,9-11H2,1-3H3. The van der Waals surface area contributed by atoms with Gasteiger partial charge in [0.05, 0.1) is 14.2 Å². The lowest BCUT2D eigenvalue weighted by molar-refractivity contribution is 0.392. The van der Waals surface area contributed by atoms with Crippen LogP contribution in [0.1, 0.15) is 18.4 Å². The quantitative estimate of drug-likeness (QED) is 0.751. The van der Waals surface area contributed by atoms with Crippen molar-refractivity contribution < 1.29 is 9.47 Å². The average molecular weight is 264 g/mol. The van der Waals surface area contributed by atoms with Gasteiger partial charge in [-0.2, -0.15) is 0 Å². The van der Waals surface area contributed by atoms with Crippen LogP contribution in [-0.4, -0.2) is 34.4 Å². The molecule has 106 valence electrons. The van der Waals surface area contributed by atoms with Crippen LogP contribution in [0.5, 0.6) is 11.5 Å². The van der Waals surface area contributed by atoms with Crippen LogP contribution in [0, 0.1) is 5.41 Å². The van der Waals surface area contributed by atoms with Crippen LogP contribution < -0.4 is 20.1 Å². The molecule has 1 aliphatic carbocycles. The van der Waals surface area contributed by atoms with Crippen LogP contribution >= 0.6 is 0 Å². The van der Waals surface area contributed by atoms with Crippen molar-refractivity contribution in [2.75, 3.05) is 34.4 Å². The highest BCUT2D eigenvalue weighted by Gasteiger charge is 2.41. The highest BCUT2D eigenvalue weighted by Crippen LogP contribution is 2.44. The van der Waals surface area contributed by atoms with Gasteiger partial charge in [0.1, 0.15) is 11.5 Å². The van der Waals surface area contributed by atoms with E-state index in [9.17, 15) is 0 Å². The second-order valence-electron chi connectivity index (χ2n) is 5.31. The lowest BCUT2D eigenvalue weighted by Crippen LogP contribution is -2.31. The Bertz CT molecular complexity index is 417. The van der Waals surface area contributed by atoms with Gasteiger partial charge in [0, 0.05) is 25.2 Å². The van der Waals surface area contributed by atoms with E-state index in [1.807, 2.05) is 25.2 Å². The fourth-order valence-corrected chi connectivity index (χ4v) is 2.45. The minimum Gasteiger partial charge on any atom is -0.497 e. The highest BCUT2D eigenvalue weighted by atomic mass is 16.5. The molecule has 1 saturated carbocycles. The average Bonchev–Trinajstić information content (AvgIpc) is 3.19. The molecule has 19 heavy (non-hydrogen) atoms. The number of methoxy groups -OCH3 is 2. The van der Waals surface area contributed by atoms with Crippen LogP contribution in [0.3, 0.4) is 0 Å². The Kier molecular flexibility index (Phi) is 4.66. The molecule has 0 spiro atoms. The van der Waals surface area contributed by atoms with Gasteiger partial charge in [-0.15, -0.1) is 0 Å². The van der Waals surface area contributed by atoms with Crippen LogP contribution in [0.2, 0.25) is 0 Å². The summed E-state index contributed by atoms with van der Waals surface area (Å²) in [6.07, 6.45) is 2.63. The maximum absolute atomic E-state index is 5.38. The summed E-state index contributed by atoms with van der Waals surface area (Å²) in [6.45, 7) is 2.95. The van der Waals surface area contributed by atoms with Gasteiger partial charge in [0.15, 0.2) is 0 Å². The van der Waals surface area contributed by atoms with E-state index in [1.54, 1.807) is 14.2 Å². The number of benzene rings is 1. The topological polar surface area (TPSA) is 42.5 Å². The van der Waals surface area contributed by atoms with Crippen molar-refractivity contribution in [2.24, 2.45) is 5.41 Å². The molecule has 1 aromatic carbocycles. The van der Waals surface area contributed by atoms with E-state index in [4.69, 9.17) is 9.47 Å². The second kappa shape index (κ2) is 6.26. The van der Waals surface area contributed by atoms with E-state index in [0.717, 1.165) is 36.7 Å². The van der Waals surface area contributed by atoms with Gasteiger partial charge < -0.3 is 20.1 Å². The Hall–Kier alpha value is -1.26. The number of nitrogens with one attached hydrogen (secondary N) is 2. The summed E-state index contributed by atoms with van der Waals surface area (Å²) in [5, 5.41) is 6.81. The third-order valence-corrected chi connectivity index (χ3v) is 3.81. The van der Waals surface area contributed by atoms with Crippen molar-refractivity contribution in [2.45, 2.75) is 19.4 Å². The van der Waals surface area contributed by atoms with Gasteiger partial charge in [-0.1, -0.05) is 0 Å². The summed E-state index contributed by atoms with van der Waals surface area (Å²) in [6, 6.07) is 5.91. The SMILES string of the molecule is CNCC1(CNCc2cc(OC)ccc2OC)CC1. The van der Waals surface area contributed by atoms with Gasteiger partial charge in [0.2, 0.25) is 0 Å². The van der Waals surface area contributed by atoms with E-state index < -0.39 is 0 Å². The first-order chi connectivity index (χ1) is 9.23. The van der Waals surface area contributed by atoms with Gasteiger partial charge in [0.25, 0.3) is 0 Å². The Balaban J connectivity index is 1.91. The normalized spacial score (nSPS) is 16.2. The molecule has 1 aromatic rings. The van der Waals surface area contributed by atoms with Crippen molar-refractivity contribution in [1.29, 1.82) is 0 Å². The summed E-state index contributed by atoms with van der Waals surface area (Å²) in [7, 11) is 5.41. The zero-order valence-electron chi connectivity index (χ0n) is 12.1. The minimum atomic E-state index is 0.473. The summed E-state index contributed by atoms with van der Waals surface area (Å²) >= 11 is 0. The van der Waals surface area contributed by atoms with E-state index in [-0.39, 0.29) is 0 Å². The van der Waals surface area contributed by atoms with Gasteiger partial charge in [-0.3, -0.25) is 0 Å². The molecule has 0 bridgehead atoms. The molecule has 0 atom stereocenters. The van der Waals surface area contributed by atoms with Crippen molar-refractivity contribution in [3.05, 3.63) is 23.8 Å². The van der Waals surface area contributed by atoms with E-state index in [1.165, 1.54) is 12.8 Å². The lowest BCUT2D eigenvalue weighted by atomic mass is 10.1. The molecule has 0 heterocycles. The Morgan fingerprint density at radius 2 is 1.95 bits per heavy atom. The summed E-state index contributed by atoms with van der Waals surface area (Å²) < 4.78 is 10.6. The van der Waals surface area contributed by atoms with Gasteiger partial charge in [-0.05, 0) is 43.5 Å². The second-order valence-corrected chi connectivity index (χ2v) is 5.31. The first-order valence-electron chi connectivity index (χ1n) is 6.79. The molecule has 4 heteroatoms. The first-order valence-corrected chi connectivity index (χ1v) is 6.79. The molecular formula is C15H24N2O2. The van der Waals surface area contributed by atoms with Crippen LogP contribution in [0.15, 0.2) is 18.2 Å². The Labute approximate surface area is 115 Å². The maximum Gasteiger partial charge on any atom is 0.123 e. The van der Waals surface area contributed by atoms with Gasteiger partial charge in [-0.25, -0.2) is 0 Å². The van der Waals surface area contributed by atoms with E-state index in [0.29, 0.717) is 5.41 Å². The monoisotopic (exact) mass is 264 g/mol. The van der Waals surface area contributed by atoms with E-state index in [2.05, 4.69) is 10.6 Å². The van der Waals surface area contributed by atoms with Crippen molar-refractivity contribution in [1.82, 2.24) is 10.6 Å². The minimum absolute atomic E-state index is 0.473. The smallest absolute Gasteiger partial charge is 0.123 e. The number of hydrogen-bond donors (Lipinski definition) is 2. The predicted molar refractivity (Wildman–Crippen MR) is 76.8 cm³/mol. The van der Waals surface area contributed by atoms with Crippen molar-refractivity contribution in [3.63, 3.8) is 0 Å². The van der Waals surface area contributed by atoms with Crippen LogP contribution in [-0.2, 0) is 6.54 Å². The van der Waals surface area contributed by atoms with E-state index >= 15 is 0 Å². The highest BCUT2D eigenvalue weighted by molar-refractivity contribution is 5.40. The molecule has 1 fully saturated rings. The molecule has 0 aliphatic heterocycles. The molecule has 0 saturated heterocycles. The Morgan fingerprint density at radius 1 is 1.16 bits per heavy atom. The fourth-order valence-electron chi connectivity index (χ4n) is 2.45. The van der Waals surface area contributed by atoms with Crippen molar-refractivity contribution in [3.8, 4) is 11.5 Å². The zero-order valence-corrected chi connectivity index (χ0v) is 12.1. The molecule has 0 amide bonds. The fraction of sp³-hybridized carbons (Fsp3) is 0.600. The summed E-state index contributed by atoms with van der Waals surface area (Å²) in [5.41, 5.74) is 1.61. The zero-order chi connectivity index (χ0) is 13.7. The largest absolute Gasteiger partial charge is 0.497 e. The molecule has 0 aromatic heterocycles.